The van der Waals surface area contributed by atoms with Crippen LogP contribution >= 0.6 is 0 Å². The number of hydrogen-bond donors (Lipinski definition) is 1. The summed E-state index contributed by atoms with van der Waals surface area (Å²) in [6.07, 6.45) is 4.41. The lowest BCUT2D eigenvalue weighted by Crippen LogP contribution is -2.46. The Bertz CT molecular complexity index is 948. The molecule has 1 fully saturated rings. The van der Waals surface area contributed by atoms with Crippen molar-refractivity contribution in [2.24, 2.45) is 5.41 Å². The van der Waals surface area contributed by atoms with E-state index >= 15 is 0 Å². The molecule has 166 valence electrons. The van der Waals surface area contributed by atoms with Crippen molar-refractivity contribution in [2.45, 2.75) is 72.1 Å². The highest BCUT2D eigenvalue weighted by Crippen LogP contribution is 2.40. The highest BCUT2D eigenvalue weighted by molar-refractivity contribution is 5.79. The number of aromatic nitrogens is 2. The van der Waals surface area contributed by atoms with Crippen molar-refractivity contribution < 1.29 is 9.53 Å². The van der Waals surface area contributed by atoms with Crippen LogP contribution < -0.4 is 10.2 Å². The van der Waals surface area contributed by atoms with E-state index in [1.807, 2.05) is 37.4 Å². The summed E-state index contributed by atoms with van der Waals surface area (Å²) in [5.74, 6) is 0.811. The molecule has 2 aliphatic rings. The lowest BCUT2D eigenvalue weighted by atomic mass is 9.74. The molecule has 1 aliphatic heterocycles. The number of hydrogen-bond acceptors (Lipinski definition) is 5. The third kappa shape index (κ3) is 5.06. The predicted molar refractivity (Wildman–Crippen MR) is 122 cm³/mol. The Hall–Kier alpha value is -2.47. The molecule has 1 aromatic heterocycles. The number of anilines is 1. The summed E-state index contributed by atoms with van der Waals surface area (Å²) in [5, 5.41) is 3.27. The standard InChI is InChI=1S/C25H34N4O2/c1-16-8-6-7-9-19(16)10-23(30)27-21-11-25(4,5)12-22-20(21)13-26-24(28-22)29-14-17(2)31-18(3)15-29/h6-9,13,17-18,21H,10-12,14-15H2,1-5H3,(H,27,30)/t17-,18+,21-/m0/s1. The minimum Gasteiger partial charge on any atom is -0.372 e. The van der Waals surface area contributed by atoms with Crippen molar-refractivity contribution in [3.63, 3.8) is 0 Å². The number of carbonyl (C=O) groups is 1. The molecule has 0 unspecified atom stereocenters. The Morgan fingerprint density at radius 1 is 1.23 bits per heavy atom. The second kappa shape index (κ2) is 8.58. The Morgan fingerprint density at radius 3 is 2.65 bits per heavy atom. The number of ether oxygens (including phenoxy) is 1. The lowest BCUT2D eigenvalue weighted by molar-refractivity contribution is -0.121. The third-order valence-corrected chi connectivity index (χ3v) is 6.32. The first-order chi connectivity index (χ1) is 14.7. The van der Waals surface area contributed by atoms with Gasteiger partial charge in [-0.3, -0.25) is 4.79 Å². The van der Waals surface area contributed by atoms with Crippen molar-refractivity contribution in [1.29, 1.82) is 0 Å². The van der Waals surface area contributed by atoms with Gasteiger partial charge in [0.1, 0.15) is 0 Å². The summed E-state index contributed by atoms with van der Waals surface area (Å²) in [5.41, 5.74) is 4.37. The number of nitrogens with zero attached hydrogens (tertiary/aromatic N) is 3. The minimum absolute atomic E-state index is 0.0443. The van der Waals surface area contributed by atoms with E-state index < -0.39 is 0 Å². The largest absolute Gasteiger partial charge is 0.372 e. The molecule has 6 nitrogen and oxygen atoms in total. The zero-order chi connectivity index (χ0) is 22.2. The predicted octanol–water partition coefficient (Wildman–Crippen LogP) is 3.77. The molecule has 1 aliphatic carbocycles. The first-order valence-electron chi connectivity index (χ1n) is 11.3. The molecule has 31 heavy (non-hydrogen) atoms. The first-order valence-corrected chi connectivity index (χ1v) is 11.3. The summed E-state index contributed by atoms with van der Waals surface area (Å²) in [6.45, 7) is 12.3. The van der Waals surface area contributed by atoms with Crippen molar-refractivity contribution in [2.75, 3.05) is 18.0 Å². The van der Waals surface area contributed by atoms with Crippen LogP contribution in [0.15, 0.2) is 30.5 Å². The summed E-state index contributed by atoms with van der Waals surface area (Å²) < 4.78 is 5.86. The maximum atomic E-state index is 12.9. The summed E-state index contributed by atoms with van der Waals surface area (Å²) in [6, 6.07) is 7.99. The van der Waals surface area contributed by atoms with Crippen LogP contribution in [0.1, 0.15) is 62.5 Å². The fourth-order valence-corrected chi connectivity index (χ4v) is 4.89. The van der Waals surface area contributed by atoms with Crippen molar-refractivity contribution in [3.8, 4) is 0 Å². The van der Waals surface area contributed by atoms with Crippen LogP contribution in [0.3, 0.4) is 0 Å². The van der Waals surface area contributed by atoms with Gasteiger partial charge < -0.3 is 15.0 Å². The summed E-state index contributed by atoms with van der Waals surface area (Å²) in [7, 11) is 0. The van der Waals surface area contributed by atoms with E-state index in [1.165, 1.54) is 0 Å². The first kappa shape index (κ1) is 21.8. The van der Waals surface area contributed by atoms with Crippen molar-refractivity contribution >= 4 is 11.9 Å². The molecule has 1 saturated heterocycles. The highest BCUT2D eigenvalue weighted by atomic mass is 16.5. The minimum atomic E-state index is -0.0631. The summed E-state index contributed by atoms with van der Waals surface area (Å²) >= 11 is 0. The molecular formula is C25H34N4O2. The zero-order valence-electron chi connectivity index (χ0n) is 19.3. The van der Waals surface area contributed by atoms with Crippen LogP contribution in [0.5, 0.6) is 0 Å². The van der Waals surface area contributed by atoms with Gasteiger partial charge in [-0.05, 0) is 50.2 Å². The molecule has 0 saturated carbocycles. The molecular weight excluding hydrogens is 388 g/mol. The number of fused-ring (bicyclic) bond motifs is 1. The van der Waals surface area contributed by atoms with Gasteiger partial charge in [0.15, 0.2) is 0 Å². The van der Waals surface area contributed by atoms with Gasteiger partial charge in [0.2, 0.25) is 11.9 Å². The smallest absolute Gasteiger partial charge is 0.225 e. The number of nitrogens with one attached hydrogen (secondary N) is 1. The Morgan fingerprint density at radius 2 is 1.94 bits per heavy atom. The van der Waals surface area contributed by atoms with Gasteiger partial charge in [-0.25, -0.2) is 9.97 Å². The number of rotatable bonds is 4. The summed E-state index contributed by atoms with van der Waals surface area (Å²) in [4.78, 5) is 24.7. The van der Waals surface area contributed by atoms with Crippen molar-refractivity contribution in [1.82, 2.24) is 15.3 Å². The molecule has 1 aromatic carbocycles. The van der Waals surface area contributed by atoms with Crippen LogP contribution in [-0.4, -0.2) is 41.2 Å². The molecule has 0 bridgehead atoms. The molecule has 2 aromatic rings. The number of benzene rings is 1. The van der Waals surface area contributed by atoms with Crippen LogP contribution in [0.25, 0.3) is 0 Å². The highest BCUT2D eigenvalue weighted by Gasteiger charge is 2.35. The van der Waals surface area contributed by atoms with Gasteiger partial charge in [0, 0.05) is 24.8 Å². The third-order valence-electron chi connectivity index (χ3n) is 6.32. The molecule has 2 heterocycles. The number of amides is 1. The SMILES string of the molecule is Cc1ccccc1CC(=O)N[C@H]1CC(C)(C)Cc2nc(N3C[C@@H](C)O[C@@H](C)C3)ncc21. The van der Waals surface area contributed by atoms with E-state index in [0.29, 0.717) is 6.42 Å². The normalized spacial score (nSPS) is 25.1. The van der Waals surface area contributed by atoms with Gasteiger partial charge in [-0.15, -0.1) is 0 Å². The van der Waals surface area contributed by atoms with E-state index in [2.05, 4.69) is 37.9 Å². The maximum Gasteiger partial charge on any atom is 0.225 e. The van der Waals surface area contributed by atoms with Gasteiger partial charge in [-0.1, -0.05) is 38.1 Å². The van der Waals surface area contributed by atoms with Crippen LogP contribution in [0.4, 0.5) is 5.95 Å². The second-order valence-electron chi connectivity index (χ2n) is 10.0. The van der Waals surface area contributed by atoms with E-state index in [4.69, 9.17) is 14.7 Å². The van der Waals surface area contributed by atoms with E-state index in [9.17, 15) is 4.79 Å². The lowest BCUT2D eigenvalue weighted by Gasteiger charge is -2.38. The van der Waals surface area contributed by atoms with Crippen LogP contribution in [0.2, 0.25) is 0 Å². The van der Waals surface area contributed by atoms with Crippen LogP contribution in [0, 0.1) is 12.3 Å². The van der Waals surface area contributed by atoms with Gasteiger partial charge in [-0.2, -0.15) is 0 Å². The number of aryl methyl sites for hydroxylation is 1. The molecule has 1 N–H and O–H groups in total. The van der Waals surface area contributed by atoms with E-state index in [-0.39, 0.29) is 29.6 Å². The average molecular weight is 423 g/mol. The van der Waals surface area contributed by atoms with Crippen molar-refractivity contribution in [3.05, 3.63) is 52.8 Å². The molecule has 6 heteroatoms. The second-order valence-corrected chi connectivity index (χ2v) is 10.0. The maximum absolute atomic E-state index is 12.9. The fraction of sp³-hybridized carbons (Fsp3) is 0.560. The Kier molecular flexibility index (Phi) is 6.02. The molecule has 0 radical (unpaired) electrons. The van der Waals surface area contributed by atoms with Gasteiger partial charge in [0.25, 0.3) is 0 Å². The molecule has 4 rings (SSSR count). The number of morpholine rings is 1. The van der Waals surface area contributed by atoms with Gasteiger partial charge in [0.05, 0.1) is 30.4 Å². The van der Waals surface area contributed by atoms with Crippen LogP contribution in [-0.2, 0) is 22.4 Å². The average Bonchev–Trinajstić information content (AvgIpc) is 2.67. The Labute approximate surface area is 185 Å². The zero-order valence-corrected chi connectivity index (χ0v) is 19.3. The number of carbonyl (C=O) groups excluding carboxylic acids is 1. The quantitative estimate of drug-likeness (QED) is 0.812. The van der Waals surface area contributed by atoms with E-state index in [0.717, 1.165) is 54.3 Å². The monoisotopic (exact) mass is 422 g/mol. The fourth-order valence-electron chi connectivity index (χ4n) is 4.89. The Balaban J connectivity index is 1.54. The van der Waals surface area contributed by atoms with Gasteiger partial charge >= 0.3 is 0 Å². The topological polar surface area (TPSA) is 67.4 Å². The van der Waals surface area contributed by atoms with E-state index in [1.54, 1.807) is 0 Å². The molecule has 3 atom stereocenters. The molecule has 1 amide bonds. The molecule has 0 spiro atoms.